The van der Waals surface area contributed by atoms with Crippen molar-refractivity contribution in [1.82, 2.24) is 10.2 Å². The molecule has 1 N–H and O–H groups in total. The van der Waals surface area contributed by atoms with Crippen molar-refractivity contribution >= 4 is 5.69 Å². The molecule has 0 spiro atoms. The number of nitrogens with zero attached hydrogens (tertiary/aromatic N) is 2. The lowest BCUT2D eigenvalue weighted by Crippen LogP contribution is -2.48. The van der Waals surface area contributed by atoms with Gasteiger partial charge < -0.3 is 10.1 Å². The van der Waals surface area contributed by atoms with Crippen molar-refractivity contribution in [2.45, 2.75) is 26.1 Å². The third kappa shape index (κ3) is 4.33. The molecule has 1 aromatic carbocycles. The van der Waals surface area contributed by atoms with E-state index in [1.165, 1.54) is 18.2 Å². The van der Waals surface area contributed by atoms with Crippen LogP contribution in [0.4, 0.5) is 14.5 Å². The minimum absolute atomic E-state index is 0.0122. The summed E-state index contributed by atoms with van der Waals surface area (Å²) in [6, 6.07) is 3.98. The predicted octanol–water partition coefficient (Wildman–Crippen LogP) is 1.99. The van der Waals surface area contributed by atoms with E-state index in [0.29, 0.717) is 12.1 Å². The normalized spacial score (nSPS) is 19.7. The van der Waals surface area contributed by atoms with E-state index >= 15 is 0 Å². The van der Waals surface area contributed by atoms with Crippen molar-refractivity contribution in [3.63, 3.8) is 0 Å². The minimum atomic E-state index is -2.95. The fourth-order valence-corrected chi connectivity index (χ4v) is 2.41. The van der Waals surface area contributed by atoms with Gasteiger partial charge in [-0.3, -0.25) is 15.0 Å². The number of nitrogens with one attached hydrogen (secondary N) is 1. The molecule has 116 valence electrons. The number of alkyl halides is 2. The maximum absolute atomic E-state index is 12.4. The summed E-state index contributed by atoms with van der Waals surface area (Å²) in [7, 11) is 0. The van der Waals surface area contributed by atoms with Crippen LogP contribution < -0.4 is 10.1 Å². The van der Waals surface area contributed by atoms with Crippen LogP contribution >= 0.6 is 0 Å². The Balaban J connectivity index is 2.20. The van der Waals surface area contributed by atoms with Gasteiger partial charge in [0.2, 0.25) is 0 Å². The second kappa shape index (κ2) is 6.77. The maximum atomic E-state index is 12.4. The van der Waals surface area contributed by atoms with E-state index < -0.39 is 11.5 Å². The molecule has 0 amide bonds. The second-order valence-electron chi connectivity index (χ2n) is 5.02. The number of hydrogen-bond acceptors (Lipinski definition) is 5. The molecule has 0 aliphatic carbocycles. The van der Waals surface area contributed by atoms with E-state index in [-0.39, 0.29) is 17.5 Å². The summed E-state index contributed by atoms with van der Waals surface area (Å²) in [4.78, 5) is 12.3. The highest BCUT2D eigenvalue weighted by Crippen LogP contribution is 2.27. The first-order chi connectivity index (χ1) is 9.95. The lowest BCUT2D eigenvalue weighted by molar-refractivity contribution is -0.385. The molecule has 1 aliphatic rings. The third-order valence-electron chi connectivity index (χ3n) is 3.32. The largest absolute Gasteiger partial charge is 0.434 e. The summed E-state index contributed by atoms with van der Waals surface area (Å²) in [5, 5.41) is 14.1. The Hall–Kier alpha value is -1.80. The molecule has 2 rings (SSSR count). The standard InChI is InChI=1S/C13H17F2N3O3/c1-9-7-17(5-4-16-9)8-10-6-11(18(19)20)2-3-12(10)21-13(14)15/h2-3,6,9,13,16H,4-5,7-8H2,1H3. The van der Waals surface area contributed by atoms with Crippen molar-refractivity contribution in [1.29, 1.82) is 0 Å². The Kier molecular flexibility index (Phi) is 5.03. The van der Waals surface area contributed by atoms with Crippen LogP contribution in [0.5, 0.6) is 5.75 Å². The average molecular weight is 301 g/mol. The van der Waals surface area contributed by atoms with Gasteiger partial charge in [0.15, 0.2) is 0 Å². The molecule has 1 aromatic rings. The molecule has 0 aromatic heterocycles. The minimum Gasteiger partial charge on any atom is -0.434 e. The molecule has 1 heterocycles. The Labute approximate surface area is 120 Å². The van der Waals surface area contributed by atoms with Crippen LogP contribution in [0, 0.1) is 10.1 Å². The summed E-state index contributed by atoms with van der Waals surface area (Å²) >= 11 is 0. The molecule has 1 fully saturated rings. The second-order valence-corrected chi connectivity index (χ2v) is 5.02. The first-order valence-corrected chi connectivity index (χ1v) is 6.63. The molecule has 0 bridgehead atoms. The quantitative estimate of drug-likeness (QED) is 0.665. The zero-order valence-electron chi connectivity index (χ0n) is 11.6. The van der Waals surface area contributed by atoms with Crippen LogP contribution in [-0.2, 0) is 6.54 Å². The van der Waals surface area contributed by atoms with Gasteiger partial charge in [0.05, 0.1) is 4.92 Å². The number of nitro groups is 1. The van der Waals surface area contributed by atoms with Crippen LogP contribution in [0.25, 0.3) is 0 Å². The maximum Gasteiger partial charge on any atom is 0.387 e. The first-order valence-electron chi connectivity index (χ1n) is 6.63. The number of non-ortho nitro benzene ring substituents is 1. The number of hydrogen-bond donors (Lipinski definition) is 1. The van der Waals surface area contributed by atoms with E-state index in [4.69, 9.17) is 0 Å². The summed E-state index contributed by atoms with van der Waals surface area (Å²) < 4.78 is 29.3. The van der Waals surface area contributed by atoms with Gasteiger partial charge in [0.25, 0.3) is 5.69 Å². The summed E-state index contributed by atoms with van der Waals surface area (Å²) in [6.45, 7) is 1.71. The SMILES string of the molecule is CC1CN(Cc2cc([N+](=O)[O-])ccc2OC(F)F)CCN1. The van der Waals surface area contributed by atoms with Gasteiger partial charge in [-0.2, -0.15) is 8.78 Å². The Morgan fingerprint density at radius 2 is 2.33 bits per heavy atom. The third-order valence-corrected chi connectivity index (χ3v) is 3.32. The van der Waals surface area contributed by atoms with Crippen molar-refractivity contribution in [3.05, 3.63) is 33.9 Å². The topological polar surface area (TPSA) is 67.6 Å². The Morgan fingerprint density at radius 1 is 1.57 bits per heavy atom. The summed E-state index contributed by atoms with van der Waals surface area (Å²) in [5.41, 5.74) is 0.272. The fourth-order valence-electron chi connectivity index (χ4n) is 2.41. The van der Waals surface area contributed by atoms with Gasteiger partial charge in [-0.15, -0.1) is 0 Å². The van der Waals surface area contributed by atoms with Crippen molar-refractivity contribution in [2.75, 3.05) is 19.6 Å². The van der Waals surface area contributed by atoms with Gasteiger partial charge in [0, 0.05) is 49.9 Å². The molecular weight excluding hydrogens is 284 g/mol. The van der Waals surface area contributed by atoms with Crippen LogP contribution in [-0.4, -0.2) is 42.1 Å². The number of piperazine rings is 1. The molecular formula is C13H17F2N3O3. The van der Waals surface area contributed by atoms with Crippen LogP contribution in [0.3, 0.4) is 0 Å². The summed E-state index contributed by atoms with van der Waals surface area (Å²) in [6.07, 6.45) is 0. The highest BCUT2D eigenvalue weighted by molar-refractivity contribution is 5.43. The van der Waals surface area contributed by atoms with Gasteiger partial charge in [-0.1, -0.05) is 0 Å². The molecule has 1 aliphatic heterocycles. The zero-order chi connectivity index (χ0) is 15.4. The van der Waals surface area contributed by atoms with Crippen molar-refractivity contribution in [3.8, 4) is 5.75 Å². The smallest absolute Gasteiger partial charge is 0.387 e. The van der Waals surface area contributed by atoms with Crippen molar-refractivity contribution < 1.29 is 18.4 Å². The molecule has 0 radical (unpaired) electrons. The van der Waals surface area contributed by atoms with E-state index in [1.807, 2.05) is 6.92 Å². The van der Waals surface area contributed by atoms with Gasteiger partial charge in [-0.05, 0) is 13.0 Å². The number of rotatable bonds is 5. The fraction of sp³-hybridized carbons (Fsp3) is 0.538. The number of halogens is 2. The molecule has 6 nitrogen and oxygen atoms in total. The van der Waals surface area contributed by atoms with E-state index in [1.54, 1.807) is 0 Å². The highest BCUT2D eigenvalue weighted by atomic mass is 19.3. The lowest BCUT2D eigenvalue weighted by Gasteiger charge is -2.32. The predicted molar refractivity (Wildman–Crippen MR) is 72.5 cm³/mol. The van der Waals surface area contributed by atoms with Gasteiger partial charge in [-0.25, -0.2) is 0 Å². The molecule has 1 unspecified atom stereocenters. The van der Waals surface area contributed by atoms with Gasteiger partial charge in [0.1, 0.15) is 5.75 Å². The molecule has 1 atom stereocenters. The Bertz CT molecular complexity index is 513. The average Bonchev–Trinajstić information content (AvgIpc) is 2.40. The monoisotopic (exact) mass is 301 g/mol. The van der Waals surface area contributed by atoms with Crippen LogP contribution in [0.15, 0.2) is 18.2 Å². The summed E-state index contributed by atoms with van der Waals surface area (Å²) in [5.74, 6) is -0.0122. The molecule has 8 heteroatoms. The number of nitro benzene ring substituents is 1. The van der Waals surface area contributed by atoms with E-state index in [2.05, 4.69) is 15.0 Å². The number of ether oxygens (including phenoxy) is 1. The van der Waals surface area contributed by atoms with Crippen LogP contribution in [0.1, 0.15) is 12.5 Å². The zero-order valence-corrected chi connectivity index (χ0v) is 11.6. The van der Waals surface area contributed by atoms with Crippen LogP contribution in [0.2, 0.25) is 0 Å². The Morgan fingerprint density at radius 3 is 2.95 bits per heavy atom. The van der Waals surface area contributed by atoms with Gasteiger partial charge >= 0.3 is 6.61 Å². The lowest BCUT2D eigenvalue weighted by atomic mass is 10.1. The first kappa shape index (κ1) is 15.6. The highest BCUT2D eigenvalue weighted by Gasteiger charge is 2.20. The van der Waals surface area contributed by atoms with E-state index in [0.717, 1.165) is 19.6 Å². The van der Waals surface area contributed by atoms with E-state index in [9.17, 15) is 18.9 Å². The molecule has 1 saturated heterocycles. The van der Waals surface area contributed by atoms with Crippen molar-refractivity contribution in [2.24, 2.45) is 0 Å². The molecule has 21 heavy (non-hydrogen) atoms. The molecule has 0 saturated carbocycles. The number of benzene rings is 1.